The monoisotopic (exact) mass is 552 g/mol. The summed E-state index contributed by atoms with van der Waals surface area (Å²) in [6.45, 7) is 0.982. The zero-order valence-corrected chi connectivity index (χ0v) is 22.4. The Morgan fingerprint density at radius 3 is 1.12 bits per heavy atom. The Morgan fingerprint density at radius 1 is 0.429 bits per heavy atom. The summed E-state index contributed by atoms with van der Waals surface area (Å²) in [5, 5.41) is 17.7. The molecule has 0 radical (unpaired) electrons. The lowest BCUT2D eigenvalue weighted by molar-refractivity contribution is 0.561. The molecular formula is C32H24N8O2. The zero-order chi connectivity index (χ0) is 28.1. The summed E-state index contributed by atoms with van der Waals surface area (Å²) in [7, 11) is 0. The van der Waals surface area contributed by atoms with Gasteiger partial charge in [0.1, 0.15) is 59.1 Å². The second-order valence-electron chi connectivity index (χ2n) is 9.46. The molecule has 10 heteroatoms. The maximum atomic E-state index is 5.52. The van der Waals surface area contributed by atoms with Crippen LogP contribution in [0.25, 0.3) is 45.0 Å². The molecule has 0 atom stereocenters. The van der Waals surface area contributed by atoms with Gasteiger partial charge in [-0.15, -0.1) is 0 Å². The molecule has 8 aromatic rings. The summed E-state index contributed by atoms with van der Waals surface area (Å²) < 4.78 is 11.0. The van der Waals surface area contributed by atoms with Crippen molar-refractivity contribution in [3.63, 3.8) is 0 Å². The lowest BCUT2D eigenvalue weighted by Gasteiger charge is -1.94. The normalized spacial score (nSPS) is 11.0. The third kappa shape index (κ3) is 5.54. The molecule has 0 bridgehead atoms. The lowest BCUT2D eigenvalue weighted by atomic mass is 10.2. The highest BCUT2D eigenvalue weighted by Crippen LogP contribution is 2.20. The maximum absolute atomic E-state index is 5.52. The number of oxazole rings is 2. The van der Waals surface area contributed by atoms with Gasteiger partial charge in [0.2, 0.25) is 11.8 Å². The Bertz CT molecular complexity index is 1840. The predicted molar refractivity (Wildman–Crippen MR) is 157 cm³/mol. The third-order valence-electron chi connectivity index (χ3n) is 6.41. The van der Waals surface area contributed by atoms with Crippen molar-refractivity contribution in [3.05, 3.63) is 133 Å². The number of nitrogens with zero attached hydrogens (tertiary/aromatic N) is 8. The second kappa shape index (κ2) is 11.3. The number of hydrogen-bond acceptors (Lipinski definition) is 8. The largest absolute Gasteiger partial charge is 0.444 e. The fraction of sp³-hybridized carbons (Fsp3) is 0.0625. The Hall–Kier alpha value is -5.90. The van der Waals surface area contributed by atoms with E-state index in [1.54, 1.807) is 22.1 Å². The van der Waals surface area contributed by atoms with Gasteiger partial charge in [0.05, 0.1) is 0 Å². The zero-order valence-electron chi connectivity index (χ0n) is 22.4. The molecule has 42 heavy (non-hydrogen) atoms. The minimum atomic E-state index is 0.491. The first-order chi connectivity index (χ1) is 20.8. The van der Waals surface area contributed by atoms with Gasteiger partial charge in [-0.2, -0.15) is 30.0 Å². The van der Waals surface area contributed by atoms with Crippen molar-refractivity contribution in [2.75, 3.05) is 0 Å². The van der Waals surface area contributed by atoms with E-state index >= 15 is 0 Å². The first-order valence-electron chi connectivity index (χ1n) is 13.4. The molecule has 0 saturated carbocycles. The SMILES string of the molecule is c1ccc(-c2nc(Cn3nc4ccccc4n3)co2)cc1.c1ccc(-c2nc(Cn3nc4ccccc4n3)co2)cc1. The molecule has 4 aromatic heterocycles. The molecule has 0 spiro atoms. The molecule has 4 aromatic carbocycles. The second-order valence-corrected chi connectivity index (χ2v) is 9.46. The Kier molecular flexibility index (Phi) is 6.75. The number of aromatic nitrogens is 8. The fourth-order valence-electron chi connectivity index (χ4n) is 4.43. The quantitative estimate of drug-likeness (QED) is 0.237. The topological polar surface area (TPSA) is 113 Å². The summed E-state index contributed by atoms with van der Waals surface area (Å²) in [6.07, 6.45) is 3.30. The minimum Gasteiger partial charge on any atom is -0.444 e. The van der Waals surface area contributed by atoms with Crippen molar-refractivity contribution in [2.45, 2.75) is 13.1 Å². The molecule has 0 aliphatic rings. The molecular weight excluding hydrogens is 528 g/mol. The molecule has 0 aliphatic heterocycles. The molecule has 0 fully saturated rings. The van der Waals surface area contributed by atoms with Gasteiger partial charge in [0, 0.05) is 11.1 Å². The standard InChI is InChI=1S/2C16H12N4O/c2*1-2-6-12(7-3-1)16-17-13(11-21-16)10-20-18-14-8-4-5-9-15(14)19-20/h2*1-9,11H,10H2. The molecule has 0 unspecified atom stereocenters. The van der Waals surface area contributed by atoms with Gasteiger partial charge < -0.3 is 8.83 Å². The Labute approximate surface area is 239 Å². The van der Waals surface area contributed by atoms with Crippen LogP contribution in [0.15, 0.2) is 131 Å². The average Bonchev–Trinajstić information content (AvgIpc) is 3.85. The maximum Gasteiger partial charge on any atom is 0.226 e. The first-order valence-corrected chi connectivity index (χ1v) is 13.4. The molecule has 4 heterocycles. The van der Waals surface area contributed by atoms with Gasteiger partial charge in [-0.3, -0.25) is 0 Å². The van der Waals surface area contributed by atoms with E-state index in [-0.39, 0.29) is 0 Å². The Morgan fingerprint density at radius 2 is 0.762 bits per heavy atom. The predicted octanol–water partition coefficient (Wildman–Crippen LogP) is 6.27. The summed E-state index contributed by atoms with van der Waals surface area (Å²) in [4.78, 5) is 12.2. The number of benzene rings is 4. The van der Waals surface area contributed by atoms with Crippen LogP contribution in [0.3, 0.4) is 0 Å². The smallest absolute Gasteiger partial charge is 0.226 e. The molecule has 0 N–H and O–H groups in total. The van der Waals surface area contributed by atoms with Crippen molar-refractivity contribution in [1.29, 1.82) is 0 Å². The first kappa shape index (κ1) is 25.1. The van der Waals surface area contributed by atoms with Crippen LogP contribution >= 0.6 is 0 Å². The van der Waals surface area contributed by atoms with Gasteiger partial charge in [-0.1, -0.05) is 60.7 Å². The van der Waals surface area contributed by atoms with Crippen molar-refractivity contribution >= 4 is 22.1 Å². The molecule has 0 saturated heterocycles. The summed E-state index contributed by atoms with van der Waals surface area (Å²) in [5.74, 6) is 1.23. The minimum absolute atomic E-state index is 0.491. The van der Waals surface area contributed by atoms with Crippen LogP contribution in [0.2, 0.25) is 0 Å². The Balaban J connectivity index is 0.000000137. The van der Waals surface area contributed by atoms with Crippen LogP contribution in [0.5, 0.6) is 0 Å². The van der Waals surface area contributed by atoms with Crippen LogP contribution in [0, 0.1) is 0 Å². The van der Waals surface area contributed by atoms with Gasteiger partial charge in [0.15, 0.2) is 0 Å². The van der Waals surface area contributed by atoms with E-state index in [9.17, 15) is 0 Å². The van der Waals surface area contributed by atoms with Gasteiger partial charge in [-0.05, 0) is 48.5 Å². The highest BCUT2D eigenvalue weighted by Gasteiger charge is 2.10. The van der Waals surface area contributed by atoms with Crippen molar-refractivity contribution in [2.24, 2.45) is 0 Å². The summed E-state index contributed by atoms with van der Waals surface area (Å²) in [6, 6.07) is 35.2. The van der Waals surface area contributed by atoms with Crippen molar-refractivity contribution < 1.29 is 8.83 Å². The van der Waals surface area contributed by atoms with Crippen LogP contribution in [0.1, 0.15) is 11.4 Å². The summed E-state index contributed by atoms with van der Waals surface area (Å²) in [5.41, 5.74) is 7.04. The summed E-state index contributed by atoms with van der Waals surface area (Å²) >= 11 is 0. The molecule has 0 amide bonds. The van der Waals surface area contributed by atoms with Gasteiger partial charge in [0.25, 0.3) is 0 Å². The molecule has 8 rings (SSSR count). The van der Waals surface area contributed by atoms with Crippen LogP contribution in [0.4, 0.5) is 0 Å². The van der Waals surface area contributed by atoms with Gasteiger partial charge in [-0.25, -0.2) is 9.97 Å². The number of fused-ring (bicyclic) bond motifs is 2. The molecule has 0 aliphatic carbocycles. The van der Waals surface area contributed by atoms with E-state index in [4.69, 9.17) is 8.83 Å². The van der Waals surface area contributed by atoms with E-state index in [0.29, 0.717) is 24.9 Å². The van der Waals surface area contributed by atoms with E-state index in [2.05, 4.69) is 30.4 Å². The highest BCUT2D eigenvalue weighted by atomic mass is 16.3. The average molecular weight is 553 g/mol. The van der Waals surface area contributed by atoms with E-state index in [1.165, 1.54) is 0 Å². The van der Waals surface area contributed by atoms with E-state index in [0.717, 1.165) is 44.6 Å². The van der Waals surface area contributed by atoms with E-state index in [1.807, 2.05) is 109 Å². The molecule has 204 valence electrons. The fourth-order valence-corrected chi connectivity index (χ4v) is 4.43. The number of rotatable bonds is 6. The molecule has 10 nitrogen and oxygen atoms in total. The van der Waals surface area contributed by atoms with E-state index < -0.39 is 0 Å². The lowest BCUT2D eigenvalue weighted by Crippen LogP contribution is -2.03. The van der Waals surface area contributed by atoms with Crippen molar-refractivity contribution in [1.82, 2.24) is 40.0 Å². The third-order valence-corrected chi connectivity index (χ3v) is 6.41. The van der Waals surface area contributed by atoms with Crippen LogP contribution in [-0.2, 0) is 13.1 Å². The van der Waals surface area contributed by atoms with Crippen molar-refractivity contribution in [3.8, 4) is 22.9 Å². The number of hydrogen-bond donors (Lipinski definition) is 0. The van der Waals surface area contributed by atoms with Crippen LogP contribution in [-0.4, -0.2) is 40.0 Å². The van der Waals surface area contributed by atoms with Crippen LogP contribution < -0.4 is 0 Å². The van der Waals surface area contributed by atoms with Gasteiger partial charge >= 0.3 is 0 Å². The highest BCUT2D eigenvalue weighted by molar-refractivity contribution is 5.73.